The number of amides is 1. The van der Waals surface area contributed by atoms with Crippen molar-refractivity contribution in [2.75, 3.05) is 30.7 Å². The predicted molar refractivity (Wildman–Crippen MR) is 97.8 cm³/mol. The van der Waals surface area contributed by atoms with E-state index in [1.165, 1.54) is 0 Å². The zero-order chi connectivity index (χ0) is 18.5. The van der Waals surface area contributed by atoms with Crippen molar-refractivity contribution in [3.8, 4) is 23.3 Å². The van der Waals surface area contributed by atoms with Crippen LogP contribution in [0.15, 0.2) is 30.3 Å². The molecule has 7 heteroatoms. The highest BCUT2D eigenvalue weighted by atomic mass is 16.2. The van der Waals surface area contributed by atoms with Crippen LogP contribution >= 0.6 is 0 Å². The van der Waals surface area contributed by atoms with Gasteiger partial charge in [-0.05, 0) is 12.0 Å². The molecule has 1 aliphatic heterocycles. The van der Waals surface area contributed by atoms with Gasteiger partial charge in [-0.1, -0.05) is 30.3 Å². The topological polar surface area (TPSA) is 119 Å². The summed E-state index contributed by atoms with van der Waals surface area (Å²) in [5, 5.41) is 22.3. The van der Waals surface area contributed by atoms with Crippen LogP contribution in [0, 0.1) is 22.7 Å². The van der Waals surface area contributed by atoms with Gasteiger partial charge < -0.3 is 16.0 Å². The lowest BCUT2D eigenvalue weighted by Crippen LogP contribution is -2.30. The van der Waals surface area contributed by atoms with E-state index < -0.39 is 0 Å². The monoisotopic (exact) mass is 346 g/mol. The normalized spacial score (nSPS) is 13.3. The molecule has 0 bridgehead atoms. The maximum Gasteiger partial charge on any atom is 0.222 e. The van der Waals surface area contributed by atoms with E-state index in [2.05, 4.69) is 22.4 Å². The molecule has 1 fully saturated rings. The van der Waals surface area contributed by atoms with E-state index in [0.29, 0.717) is 30.9 Å². The number of likely N-dealkylation sites (tertiary alicyclic amines) is 1. The van der Waals surface area contributed by atoms with E-state index in [1.807, 2.05) is 30.3 Å². The third kappa shape index (κ3) is 3.28. The predicted octanol–water partition coefficient (Wildman–Crippen LogP) is 2.11. The molecule has 26 heavy (non-hydrogen) atoms. The Hall–Kier alpha value is -3.58. The summed E-state index contributed by atoms with van der Waals surface area (Å²) in [5.41, 5.74) is 7.63. The SMILES string of the molecule is N#Cc1c(N)nc(NCCN2CCCC2=O)c(C#N)c1-c1ccccc1. The third-order valence-electron chi connectivity index (χ3n) is 4.36. The minimum Gasteiger partial charge on any atom is -0.383 e. The highest BCUT2D eigenvalue weighted by molar-refractivity contribution is 5.85. The lowest BCUT2D eigenvalue weighted by Gasteiger charge is -2.18. The molecule has 1 saturated heterocycles. The van der Waals surface area contributed by atoms with Gasteiger partial charge in [0.25, 0.3) is 0 Å². The molecule has 1 aliphatic rings. The van der Waals surface area contributed by atoms with Crippen molar-refractivity contribution < 1.29 is 4.79 Å². The highest BCUT2D eigenvalue weighted by Gasteiger charge is 2.22. The number of carbonyl (C=O) groups excluding carboxylic acids is 1. The number of nitrogens with one attached hydrogen (secondary N) is 1. The van der Waals surface area contributed by atoms with Crippen LogP contribution < -0.4 is 11.1 Å². The Morgan fingerprint density at radius 1 is 1.19 bits per heavy atom. The van der Waals surface area contributed by atoms with Crippen LogP contribution in [0.2, 0.25) is 0 Å². The van der Waals surface area contributed by atoms with Crippen molar-refractivity contribution in [1.82, 2.24) is 9.88 Å². The fraction of sp³-hybridized carbons (Fsp3) is 0.263. The van der Waals surface area contributed by atoms with Crippen molar-refractivity contribution in [3.05, 3.63) is 41.5 Å². The van der Waals surface area contributed by atoms with Crippen LogP contribution in [0.3, 0.4) is 0 Å². The molecule has 0 unspecified atom stereocenters. The van der Waals surface area contributed by atoms with Gasteiger partial charge in [0, 0.05) is 31.6 Å². The Morgan fingerprint density at radius 2 is 1.92 bits per heavy atom. The molecule has 0 aliphatic carbocycles. The van der Waals surface area contributed by atoms with E-state index in [0.717, 1.165) is 18.5 Å². The van der Waals surface area contributed by atoms with Crippen molar-refractivity contribution in [2.45, 2.75) is 12.8 Å². The fourth-order valence-corrected chi connectivity index (χ4v) is 3.10. The van der Waals surface area contributed by atoms with E-state index >= 15 is 0 Å². The second-order valence-corrected chi connectivity index (χ2v) is 5.97. The Bertz CT molecular complexity index is 910. The summed E-state index contributed by atoms with van der Waals surface area (Å²) in [7, 11) is 0. The molecule has 1 amide bonds. The first-order valence-corrected chi connectivity index (χ1v) is 8.36. The Balaban J connectivity index is 1.93. The van der Waals surface area contributed by atoms with Crippen LogP contribution in [0.5, 0.6) is 0 Å². The number of nitrogens with two attached hydrogens (primary N) is 1. The van der Waals surface area contributed by atoms with Crippen molar-refractivity contribution in [3.63, 3.8) is 0 Å². The molecule has 3 rings (SSSR count). The van der Waals surface area contributed by atoms with Gasteiger partial charge in [0.15, 0.2) is 0 Å². The zero-order valence-corrected chi connectivity index (χ0v) is 14.2. The molecule has 0 saturated carbocycles. The maximum absolute atomic E-state index is 11.7. The lowest BCUT2D eigenvalue weighted by molar-refractivity contribution is -0.127. The fourth-order valence-electron chi connectivity index (χ4n) is 3.10. The summed E-state index contributed by atoms with van der Waals surface area (Å²) in [5.74, 6) is 0.546. The van der Waals surface area contributed by atoms with Gasteiger partial charge in [0.1, 0.15) is 34.9 Å². The summed E-state index contributed by atoms with van der Waals surface area (Å²) in [6.07, 6.45) is 1.46. The minimum absolute atomic E-state index is 0.0742. The van der Waals surface area contributed by atoms with E-state index in [-0.39, 0.29) is 22.9 Å². The number of hydrogen-bond donors (Lipinski definition) is 2. The zero-order valence-electron chi connectivity index (χ0n) is 14.2. The van der Waals surface area contributed by atoms with Crippen molar-refractivity contribution in [2.24, 2.45) is 0 Å². The molecule has 0 spiro atoms. The average molecular weight is 346 g/mol. The first kappa shape index (κ1) is 17.2. The molecule has 130 valence electrons. The first-order valence-electron chi connectivity index (χ1n) is 8.36. The van der Waals surface area contributed by atoms with Gasteiger partial charge in [-0.25, -0.2) is 4.98 Å². The second kappa shape index (κ2) is 7.54. The third-order valence-corrected chi connectivity index (χ3v) is 4.36. The standard InChI is InChI=1S/C19H18N6O/c20-11-14-17(13-5-2-1-3-6-13)15(12-21)19(24-18(14)22)23-8-10-25-9-4-7-16(25)26/h1-3,5-6H,4,7-10H2,(H3,22,23,24). The number of pyridine rings is 1. The molecular formula is C19H18N6O. The molecule has 1 aromatic carbocycles. The summed E-state index contributed by atoms with van der Waals surface area (Å²) in [6, 6.07) is 13.4. The van der Waals surface area contributed by atoms with Gasteiger partial charge in [-0.2, -0.15) is 10.5 Å². The smallest absolute Gasteiger partial charge is 0.222 e. The minimum atomic E-state index is 0.0742. The van der Waals surface area contributed by atoms with Gasteiger partial charge >= 0.3 is 0 Å². The quantitative estimate of drug-likeness (QED) is 0.856. The van der Waals surface area contributed by atoms with E-state index in [9.17, 15) is 15.3 Å². The molecule has 3 N–H and O–H groups in total. The number of nitrogen functional groups attached to an aromatic ring is 1. The molecule has 7 nitrogen and oxygen atoms in total. The number of nitriles is 2. The summed E-state index contributed by atoms with van der Waals surface area (Å²) >= 11 is 0. The molecule has 0 atom stereocenters. The number of hydrogen-bond acceptors (Lipinski definition) is 6. The molecule has 1 aromatic heterocycles. The van der Waals surface area contributed by atoms with Crippen molar-refractivity contribution in [1.29, 1.82) is 10.5 Å². The van der Waals surface area contributed by atoms with Crippen LogP contribution in [0.25, 0.3) is 11.1 Å². The van der Waals surface area contributed by atoms with E-state index in [1.54, 1.807) is 4.90 Å². The van der Waals surface area contributed by atoms with Gasteiger partial charge in [0.05, 0.1) is 0 Å². The lowest BCUT2D eigenvalue weighted by atomic mass is 9.96. The number of aromatic nitrogens is 1. The summed E-state index contributed by atoms with van der Waals surface area (Å²) in [4.78, 5) is 17.7. The molecular weight excluding hydrogens is 328 g/mol. The highest BCUT2D eigenvalue weighted by Crippen LogP contribution is 2.33. The summed E-state index contributed by atoms with van der Waals surface area (Å²) < 4.78 is 0. The van der Waals surface area contributed by atoms with Crippen LogP contribution in [0.1, 0.15) is 24.0 Å². The Labute approximate surface area is 151 Å². The maximum atomic E-state index is 11.7. The largest absolute Gasteiger partial charge is 0.383 e. The van der Waals surface area contributed by atoms with Gasteiger partial charge in [-0.15, -0.1) is 0 Å². The average Bonchev–Trinajstić information content (AvgIpc) is 3.07. The van der Waals surface area contributed by atoms with E-state index in [4.69, 9.17) is 5.73 Å². The Kier molecular flexibility index (Phi) is 5.00. The number of benzene rings is 1. The van der Waals surface area contributed by atoms with Crippen LogP contribution in [-0.4, -0.2) is 35.4 Å². The Morgan fingerprint density at radius 3 is 2.54 bits per heavy atom. The van der Waals surface area contributed by atoms with Crippen LogP contribution in [-0.2, 0) is 4.79 Å². The van der Waals surface area contributed by atoms with Gasteiger partial charge in [-0.3, -0.25) is 4.79 Å². The molecule has 2 heterocycles. The van der Waals surface area contributed by atoms with Crippen molar-refractivity contribution >= 4 is 17.5 Å². The first-order chi connectivity index (χ1) is 12.7. The number of nitrogens with zero attached hydrogens (tertiary/aromatic N) is 4. The molecule has 0 radical (unpaired) electrons. The summed E-state index contributed by atoms with van der Waals surface area (Å²) in [6.45, 7) is 1.74. The van der Waals surface area contributed by atoms with Gasteiger partial charge in [0.2, 0.25) is 5.91 Å². The second-order valence-electron chi connectivity index (χ2n) is 5.97. The molecule has 2 aromatic rings. The number of rotatable bonds is 5. The number of anilines is 2. The number of carbonyl (C=O) groups is 1. The van der Waals surface area contributed by atoms with Crippen LogP contribution in [0.4, 0.5) is 11.6 Å².